The maximum absolute atomic E-state index is 4.97. The van der Waals surface area contributed by atoms with E-state index < -0.39 is 0 Å². The Morgan fingerprint density at radius 2 is 2.00 bits per heavy atom. The summed E-state index contributed by atoms with van der Waals surface area (Å²) >= 11 is 0. The normalized spacial score (nSPS) is 16.3. The van der Waals surface area contributed by atoms with Gasteiger partial charge in [-0.1, -0.05) is 23.4 Å². The van der Waals surface area contributed by atoms with Crippen LogP contribution in [0.3, 0.4) is 0 Å². The van der Waals surface area contributed by atoms with Gasteiger partial charge in [0.15, 0.2) is 5.82 Å². The van der Waals surface area contributed by atoms with E-state index in [9.17, 15) is 0 Å². The van der Waals surface area contributed by atoms with Gasteiger partial charge in [0.2, 0.25) is 5.89 Å². The summed E-state index contributed by atoms with van der Waals surface area (Å²) in [6.45, 7) is 4.96. The van der Waals surface area contributed by atoms with E-state index in [4.69, 9.17) is 4.52 Å². The molecule has 1 aliphatic heterocycles. The smallest absolute Gasteiger partial charge is 0.223 e. The van der Waals surface area contributed by atoms with Gasteiger partial charge in [-0.05, 0) is 25.0 Å². The van der Waals surface area contributed by atoms with Crippen molar-refractivity contribution in [3.63, 3.8) is 0 Å². The number of aromatic nitrogens is 2. The maximum atomic E-state index is 4.97. The Bertz CT molecular complexity index is 546. The molecule has 0 unspecified atom stereocenters. The van der Waals surface area contributed by atoms with Gasteiger partial charge in [-0.15, -0.1) is 0 Å². The van der Waals surface area contributed by atoms with Gasteiger partial charge in [0.25, 0.3) is 0 Å². The first kappa shape index (κ1) is 14.1. The van der Waals surface area contributed by atoms with Gasteiger partial charge in [-0.25, -0.2) is 0 Å². The van der Waals surface area contributed by atoms with E-state index in [2.05, 4.69) is 50.7 Å². The van der Waals surface area contributed by atoms with Gasteiger partial charge < -0.3 is 14.7 Å². The minimum absolute atomic E-state index is 0.595. The number of benzene rings is 1. The molecule has 0 saturated carbocycles. The number of piperidine rings is 1. The van der Waals surface area contributed by atoms with Crippen LogP contribution in [0.1, 0.15) is 24.6 Å². The van der Waals surface area contributed by atoms with Crippen molar-refractivity contribution < 1.29 is 4.52 Å². The highest BCUT2D eigenvalue weighted by molar-refractivity contribution is 5.46. The second-order valence-electron chi connectivity index (χ2n) is 5.53. The second kappa shape index (κ2) is 6.72. The molecule has 0 radical (unpaired) electrons. The lowest BCUT2D eigenvalue weighted by Crippen LogP contribution is -2.43. The van der Waals surface area contributed by atoms with E-state index >= 15 is 0 Å². The molecule has 21 heavy (non-hydrogen) atoms. The third-order valence-electron chi connectivity index (χ3n) is 3.97. The van der Waals surface area contributed by atoms with Crippen molar-refractivity contribution in [2.24, 2.45) is 0 Å². The number of para-hydroxylation sites is 1. The molecule has 1 aromatic carbocycles. The maximum Gasteiger partial charge on any atom is 0.223 e. The molecule has 5 heteroatoms. The highest BCUT2D eigenvalue weighted by Crippen LogP contribution is 2.19. The average Bonchev–Trinajstić information content (AvgIpc) is 2.94. The van der Waals surface area contributed by atoms with Gasteiger partial charge >= 0.3 is 0 Å². The van der Waals surface area contributed by atoms with Crippen molar-refractivity contribution >= 4 is 5.69 Å². The monoisotopic (exact) mass is 286 g/mol. The summed E-state index contributed by atoms with van der Waals surface area (Å²) in [4.78, 5) is 6.68. The fraction of sp³-hybridized carbons (Fsp3) is 0.500. The zero-order valence-corrected chi connectivity index (χ0v) is 12.5. The molecule has 0 amide bonds. The van der Waals surface area contributed by atoms with E-state index in [1.165, 1.54) is 18.5 Å². The predicted octanol–water partition coefficient (Wildman–Crippen LogP) is 2.18. The zero-order chi connectivity index (χ0) is 14.5. The molecular weight excluding hydrogens is 264 g/mol. The molecule has 5 nitrogen and oxygen atoms in total. The summed E-state index contributed by atoms with van der Waals surface area (Å²) < 4.78 is 4.97. The Balaban J connectivity index is 1.40. The first-order valence-corrected chi connectivity index (χ1v) is 7.64. The fourth-order valence-electron chi connectivity index (χ4n) is 2.81. The summed E-state index contributed by atoms with van der Waals surface area (Å²) in [5, 5.41) is 7.52. The molecule has 0 spiro atoms. The second-order valence-corrected chi connectivity index (χ2v) is 5.53. The van der Waals surface area contributed by atoms with Gasteiger partial charge in [0, 0.05) is 44.7 Å². The number of hydrogen-bond acceptors (Lipinski definition) is 5. The van der Waals surface area contributed by atoms with E-state index in [0.717, 1.165) is 31.9 Å². The number of anilines is 1. The molecule has 2 heterocycles. The number of aryl methyl sites for hydroxylation is 1. The third kappa shape index (κ3) is 3.82. The molecule has 112 valence electrons. The Labute approximate surface area is 125 Å². The minimum atomic E-state index is 0.595. The third-order valence-corrected chi connectivity index (χ3v) is 3.97. The van der Waals surface area contributed by atoms with E-state index in [0.29, 0.717) is 11.9 Å². The van der Waals surface area contributed by atoms with Crippen LogP contribution in [-0.4, -0.2) is 35.8 Å². The van der Waals surface area contributed by atoms with Crippen LogP contribution in [0.5, 0.6) is 0 Å². The molecule has 1 saturated heterocycles. The molecule has 1 fully saturated rings. The standard InChI is InChI=1S/C16H22N4O/c1-13-18-16(19-21-13)7-10-17-14-8-11-20(12-9-14)15-5-3-2-4-6-15/h2-6,14,17H,7-12H2,1H3. The summed E-state index contributed by atoms with van der Waals surface area (Å²) in [6.07, 6.45) is 3.19. The largest absolute Gasteiger partial charge is 0.371 e. The summed E-state index contributed by atoms with van der Waals surface area (Å²) in [5.41, 5.74) is 1.33. The molecule has 2 aromatic rings. The Kier molecular flexibility index (Phi) is 4.50. The average molecular weight is 286 g/mol. The molecule has 1 aliphatic rings. The highest BCUT2D eigenvalue weighted by atomic mass is 16.5. The van der Waals surface area contributed by atoms with Crippen molar-refractivity contribution in [2.45, 2.75) is 32.2 Å². The van der Waals surface area contributed by atoms with Crippen LogP contribution in [0.4, 0.5) is 5.69 Å². The number of hydrogen-bond donors (Lipinski definition) is 1. The summed E-state index contributed by atoms with van der Waals surface area (Å²) in [7, 11) is 0. The van der Waals surface area contributed by atoms with Gasteiger partial charge in [-0.3, -0.25) is 0 Å². The number of nitrogens with zero attached hydrogens (tertiary/aromatic N) is 3. The molecule has 1 aromatic heterocycles. The lowest BCUT2D eigenvalue weighted by atomic mass is 10.0. The first-order chi connectivity index (χ1) is 10.3. The van der Waals surface area contributed by atoms with Crippen LogP contribution in [-0.2, 0) is 6.42 Å². The Morgan fingerprint density at radius 3 is 2.67 bits per heavy atom. The van der Waals surface area contributed by atoms with Crippen molar-refractivity contribution in [1.82, 2.24) is 15.5 Å². The Hall–Kier alpha value is -1.88. The van der Waals surface area contributed by atoms with Gasteiger partial charge in [-0.2, -0.15) is 4.98 Å². The molecule has 0 aliphatic carbocycles. The van der Waals surface area contributed by atoms with Gasteiger partial charge in [0.1, 0.15) is 0 Å². The quantitative estimate of drug-likeness (QED) is 0.913. The lowest BCUT2D eigenvalue weighted by Gasteiger charge is -2.34. The highest BCUT2D eigenvalue weighted by Gasteiger charge is 2.18. The first-order valence-electron chi connectivity index (χ1n) is 7.64. The van der Waals surface area contributed by atoms with E-state index in [1.54, 1.807) is 0 Å². The zero-order valence-electron chi connectivity index (χ0n) is 12.5. The van der Waals surface area contributed by atoms with Crippen LogP contribution in [0.25, 0.3) is 0 Å². The van der Waals surface area contributed by atoms with Crippen LogP contribution in [0.2, 0.25) is 0 Å². The lowest BCUT2D eigenvalue weighted by molar-refractivity contribution is 0.383. The van der Waals surface area contributed by atoms with Crippen LogP contribution >= 0.6 is 0 Å². The van der Waals surface area contributed by atoms with Crippen molar-refractivity contribution in [1.29, 1.82) is 0 Å². The fourth-order valence-corrected chi connectivity index (χ4v) is 2.81. The van der Waals surface area contributed by atoms with E-state index in [-0.39, 0.29) is 0 Å². The van der Waals surface area contributed by atoms with E-state index in [1.807, 2.05) is 6.92 Å². The molecule has 0 bridgehead atoms. The molecule has 3 rings (SSSR count). The summed E-state index contributed by atoms with van der Waals surface area (Å²) in [5.74, 6) is 1.43. The molecule has 0 atom stereocenters. The number of nitrogens with one attached hydrogen (secondary N) is 1. The molecule has 1 N–H and O–H groups in total. The predicted molar refractivity (Wildman–Crippen MR) is 82.4 cm³/mol. The topological polar surface area (TPSA) is 54.2 Å². The van der Waals surface area contributed by atoms with Crippen molar-refractivity contribution in [2.75, 3.05) is 24.5 Å². The number of rotatable bonds is 5. The van der Waals surface area contributed by atoms with Crippen molar-refractivity contribution in [3.05, 3.63) is 42.0 Å². The van der Waals surface area contributed by atoms with Crippen LogP contribution < -0.4 is 10.2 Å². The Morgan fingerprint density at radius 1 is 1.24 bits per heavy atom. The molecular formula is C16H22N4O. The van der Waals surface area contributed by atoms with Crippen LogP contribution in [0.15, 0.2) is 34.9 Å². The van der Waals surface area contributed by atoms with Crippen LogP contribution in [0, 0.1) is 6.92 Å². The SMILES string of the molecule is Cc1nc(CCNC2CCN(c3ccccc3)CC2)no1. The minimum Gasteiger partial charge on any atom is -0.371 e. The van der Waals surface area contributed by atoms with Crippen molar-refractivity contribution in [3.8, 4) is 0 Å². The summed E-state index contributed by atoms with van der Waals surface area (Å²) in [6, 6.07) is 11.2. The van der Waals surface area contributed by atoms with Gasteiger partial charge in [0.05, 0.1) is 0 Å².